The molecule has 0 aromatic heterocycles. The molecule has 1 N–H and O–H groups in total. The summed E-state index contributed by atoms with van der Waals surface area (Å²) in [6.45, 7) is 0.0527. The van der Waals surface area contributed by atoms with Gasteiger partial charge in [0.15, 0.2) is 0 Å². The van der Waals surface area contributed by atoms with E-state index >= 15 is 0 Å². The van der Waals surface area contributed by atoms with Crippen molar-refractivity contribution in [1.29, 1.82) is 0 Å². The number of hydrogen-bond donors (Lipinski definition) is 1. The molecule has 2 aromatic carbocycles. The molecule has 4 rings (SSSR count). The van der Waals surface area contributed by atoms with Gasteiger partial charge in [-0.05, 0) is 29.2 Å². The maximum atomic E-state index is 13.6. The summed E-state index contributed by atoms with van der Waals surface area (Å²) in [5, 5.41) is 2.20. The van der Waals surface area contributed by atoms with Crippen LogP contribution in [0, 0.1) is 0 Å². The van der Waals surface area contributed by atoms with Gasteiger partial charge in [-0.15, -0.1) is 0 Å². The van der Waals surface area contributed by atoms with Gasteiger partial charge >= 0.3 is 12.1 Å². The highest BCUT2D eigenvalue weighted by molar-refractivity contribution is 6.06. The number of nitrogens with zero attached hydrogens (tertiary/aromatic N) is 1. The van der Waals surface area contributed by atoms with Crippen LogP contribution >= 0.6 is 0 Å². The van der Waals surface area contributed by atoms with Crippen LogP contribution in [0.15, 0.2) is 42.5 Å². The Hall–Kier alpha value is -3.30. The highest BCUT2D eigenvalue weighted by Gasteiger charge is 2.58. The van der Waals surface area contributed by atoms with Crippen LogP contribution in [0.2, 0.25) is 0 Å². The summed E-state index contributed by atoms with van der Waals surface area (Å²) < 4.78 is 64.9. The maximum absolute atomic E-state index is 13.6. The third-order valence-electron chi connectivity index (χ3n) is 5.50. The number of amides is 3. The molecule has 1 fully saturated rings. The number of rotatable bonds is 3. The van der Waals surface area contributed by atoms with E-state index in [0.29, 0.717) is 34.4 Å². The second kappa shape index (κ2) is 7.14. The molecule has 5 nitrogen and oxygen atoms in total. The number of nitrogens with one attached hydrogen (secondary N) is 1. The Bertz CT molecular complexity index is 1080. The molecule has 0 saturated carbocycles. The first kappa shape index (κ1) is 21.0. The molecule has 0 bridgehead atoms. The topological polar surface area (TPSA) is 66.5 Å². The Morgan fingerprint density at radius 2 is 1.55 bits per heavy atom. The van der Waals surface area contributed by atoms with Crippen molar-refractivity contribution in [2.45, 2.75) is 37.5 Å². The molecule has 10 heteroatoms. The number of halogens is 5. The van der Waals surface area contributed by atoms with Crippen LogP contribution in [0.25, 0.3) is 11.1 Å². The van der Waals surface area contributed by atoms with E-state index in [1.165, 1.54) is 4.90 Å². The SMILES string of the molecule is O=C1CCC(N2Cc3c(cccc3-c3ccc(C(F)(F)C(F)(F)F)cc3)C2=O)C(=O)N1. The molecule has 0 radical (unpaired) electrons. The second-order valence-corrected chi connectivity index (χ2v) is 7.38. The van der Waals surface area contributed by atoms with Gasteiger partial charge in [-0.1, -0.05) is 36.4 Å². The normalized spacial score (nSPS) is 19.5. The summed E-state index contributed by atoms with van der Waals surface area (Å²) in [5.74, 6) is -6.38. The molecule has 2 aliphatic heterocycles. The van der Waals surface area contributed by atoms with E-state index < -0.39 is 41.4 Å². The number of alkyl halides is 5. The lowest BCUT2D eigenvalue weighted by molar-refractivity contribution is -0.289. The van der Waals surface area contributed by atoms with Crippen LogP contribution in [-0.4, -0.2) is 34.8 Å². The summed E-state index contributed by atoms with van der Waals surface area (Å²) in [6.07, 6.45) is -5.43. The van der Waals surface area contributed by atoms with Crippen molar-refractivity contribution < 1.29 is 36.3 Å². The first-order valence-corrected chi connectivity index (χ1v) is 9.32. The number of piperidine rings is 1. The molecule has 0 aliphatic carbocycles. The standard InChI is InChI=1S/C21H15F5N2O3/c22-20(23,21(24,25)26)12-6-4-11(5-7-12)13-2-1-3-14-15(13)10-28(19(14)31)16-8-9-17(29)27-18(16)30/h1-7,16H,8-10H2,(H,27,29,30). The average molecular weight is 438 g/mol. The quantitative estimate of drug-likeness (QED) is 0.586. The summed E-state index contributed by atoms with van der Waals surface area (Å²) in [7, 11) is 0. The van der Waals surface area contributed by atoms with Gasteiger partial charge in [0.05, 0.1) is 0 Å². The third kappa shape index (κ3) is 3.45. The lowest BCUT2D eigenvalue weighted by Gasteiger charge is -2.29. The number of imide groups is 1. The highest BCUT2D eigenvalue weighted by Crippen LogP contribution is 2.44. The van der Waals surface area contributed by atoms with Crippen molar-refractivity contribution in [1.82, 2.24) is 10.2 Å². The van der Waals surface area contributed by atoms with Gasteiger partial charge in [0.1, 0.15) is 6.04 Å². The average Bonchev–Trinajstić information content (AvgIpc) is 3.04. The first-order chi connectivity index (χ1) is 14.5. The molecular formula is C21H15F5N2O3. The van der Waals surface area contributed by atoms with E-state index in [9.17, 15) is 36.3 Å². The molecule has 2 aliphatic rings. The molecule has 3 amide bonds. The predicted octanol–water partition coefficient (Wildman–Crippen LogP) is 3.77. The fourth-order valence-corrected chi connectivity index (χ4v) is 3.88. The number of carbonyl (C=O) groups excluding carboxylic acids is 3. The Morgan fingerprint density at radius 1 is 0.903 bits per heavy atom. The van der Waals surface area contributed by atoms with Gasteiger partial charge in [0, 0.05) is 24.1 Å². The van der Waals surface area contributed by atoms with Crippen LogP contribution in [0.4, 0.5) is 22.0 Å². The maximum Gasteiger partial charge on any atom is 0.458 e. The number of hydrogen-bond acceptors (Lipinski definition) is 3. The van der Waals surface area contributed by atoms with Gasteiger partial charge < -0.3 is 4.90 Å². The van der Waals surface area contributed by atoms with E-state index in [4.69, 9.17) is 0 Å². The lowest BCUT2D eigenvalue weighted by Crippen LogP contribution is -2.52. The van der Waals surface area contributed by atoms with Gasteiger partial charge in [-0.2, -0.15) is 22.0 Å². The lowest BCUT2D eigenvalue weighted by atomic mass is 9.95. The van der Waals surface area contributed by atoms with Crippen LogP contribution < -0.4 is 5.32 Å². The van der Waals surface area contributed by atoms with E-state index in [1.54, 1.807) is 18.2 Å². The summed E-state index contributed by atoms with van der Waals surface area (Å²) in [5.41, 5.74) is 0.510. The van der Waals surface area contributed by atoms with Crippen LogP contribution in [-0.2, 0) is 22.1 Å². The minimum atomic E-state index is -5.71. The highest BCUT2D eigenvalue weighted by atomic mass is 19.4. The van der Waals surface area contributed by atoms with Crippen molar-refractivity contribution in [3.05, 3.63) is 59.2 Å². The smallest absolute Gasteiger partial charge is 0.322 e. The fraction of sp³-hybridized carbons (Fsp3) is 0.286. The minimum Gasteiger partial charge on any atom is -0.322 e. The minimum absolute atomic E-state index is 0.0527. The molecular weight excluding hydrogens is 423 g/mol. The Labute approximate surface area is 172 Å². The molecule has 1 unspecified atom stereocenters. The van der Waals surface area contributed by atoms with Crippen LogP contribution in [0.3, 0.4) is 0 Å². The van der Waals surface area contributed by atoms with Crippen LogP contribution in [0.5, 0.6) is 0 Å². The zero-order valence-electron chi connectivity index (χ0n) is 15.8. The van der Waals surface area contributed by atoms with Crippen molar-refractivity contribution in [2.75, 3.05) is 0 Å². The largest absolute Gasteiger partial charge is 0.458 e. The summed E-state index contributed by atoms with van der Waals surface area (Å²) >= 11 is 0. The number of benzene rings is 2. The number of fused-ring (bicyclic) bond motifs is 1. The fourth-order valence-electron chi connectivity index (χ4n) is 3.88. The van der Waals surface area contributed by atoms with Crippen molar-refractivity contribution >= 4 is 17.7 Å². The van der Waals surface area contributed by atoms with Gasteiger partial charge in [-0.25, -0.2) is 0 Å². The third-order valence-corrected chi connectivity index (χ3v) is 5.50. The molecule has 0 spiro atoms. The molecule has 1 saturated heterocycles. The Kier molecular flexibility index (Phi) is 4.83. The number of carbonyl (C=O) groups is 3. The van der Waals surface area contributed by atoms with E-state index in [2.05, 4.69) is 5.32 Å². The van der Waals surface area contributed by atoms with Gasteiger partial charge in [0.25, 0.3) is 5.91 Å². The Balaban J connectivity index is 1.65. The van der Waals surface area contributed by atoms with E-state index in [-0.39, 0.29) is 19.4 Å². The van der Waals surface area contributed by atoms with Crippen molar-refractivity contribution in [2.24, 2.45) is 0 Å². The van der Waals surface area contributed by atoms with E-state index in [1.807, 2.05) is 0 Å². The van der Waals surface area contributed by atoms with Crippen LogP contribution in [0.1, 0.15) is 34.3 Å². The molecule has 1 atom stereocenters. The predicted molar refractivity (Wildman–Crippen MR) is 97.9 cm³/mol. The van der Waals surface area contributed by atoms with Gasteiger partial charge in [0.2, 0.25) is 11.8 Å². The van der Waals surface area contributed by atoms with E-state index in [0.717, 1.165) is 12.1 Å². The first-order valence-electron chi connectivity index (χ1n) is 9.32. The molecule has 162 valence electrons. The summed E-state index contributed by atoms with van der Waals surface area (Å²) in [4.78, 5) is 37.7. The zero-order valence-corrected chi connectivity index (χ0v) is 15.8. The van der Waals surface area contributed by atoms with Crippen molar-refractivity contribution in [3.63, 3.8) is 0 Å². The monoisotopic (exact) mass is 438 g/mol. The molecule has 31 heavy (non-hydrogen) atoms. The second-order valence-electron chi connectivity index (χ2n) is 7.38. The summed E-state index contributed by atoms with van der Waals surface area (Å²) in [6, 6.07) is 7.62. The van der Waals surface area contributed by atoms with Crippen molar-refractivity contribution in [3.8, 4) is 11.1 Å². The zero-order chi connectivity index (χ0) is 22.6. The van der Waals surface area contributed by atoms with Gasteiger partial charge in [-0.3, -0.25) is 19.7 Å². The molecule has 2 aromatic rings. The Morgan fingerprint density at radius 3 is 2.16 bits per heavy atom. The molecule has 2 heterocycles.